The lowest BCUT2D eigenvalue weighted by Crippen LogP contribution is -2.12. The average Bonchev–Trinajstić information content (AvgIpc) is 2.92. The summed E-state index contributed by atoms with van der Waals surface area (Å²) in [5.41, 5.74) is 8.16. The van der Waals surface area contributed by atoms with Crippen molar-refractivity contribution < 1.29 is 4.79 Å². The molecule has 0 aliphatic carbocycles. The molecule has 0 saturated carbocycles. The molecule has 20 heavy (non-hydrogen) atoms. The Labute approximate surface area is 122 Å². The maximum atomic E-state index is 11.9. The molecule has 2 aromatic rings. The van der Waals surface area contributed by atoms with E-state index in [9.17, 15) is 4.79 Å². The third kappa shape index (κ3) is 4.31. The fraction of sp³-hybridized carbons (Fsp3) is 0.286. The summed E-state index contributed by atoms with van der Waals surface area (Å²) < 4.78 is 0. The summed E-state index contributed by atoms with van der Waals surface area (Å²) in [6, 6.07) is 5.51. The number of aryl methyl sites for hydroxylation is 1. The van der Waals surface area contributed by atoms with Gasteiger partial charge in [-0.05, 0) is 31.0 Å². The molecule has 0 atom stereocenters. The third-order valence-electron chi connectivity index (χ3n) is 2.80. The maximum absolute atomic E-state index is 11.9. The highest BCUT2D eigenvalue weighted by molar-refractivity contribution is 7.99. The van der Waals surface area contributed by atoms with Crippen LogP contribution >= 0.6 is 11.8 Å². The lowest BCUT2D eigenvalue weighted by atomic mass is 10.1. The molecule has 1 amide bonds. The highest BCUT2D eigenvalue weighted by Crippen LogP contribution is 2.19. The molecule has 1 heterocycles. The van der Waals surface area contributed by atoms with Gasteiger partial charge in [0.1, 0.15) is 0 Å². The average molecular weight is 290 g/mol. The second-order valence-electron chi connectivity index (χ2n) is 4.47. The highest BCUT2D eigenvalue weighted by Gasteiger charge is 2.05. The smallest absolute Gasteiger partial charge is 0.224 e. The van der Waals surface area contributed by atoms with E-state index in [1.807, 2.05) is 19.1 Å². The first-order valence-electron chi connectivity index (χ1n) is 6.43. The summed E-state index contributed by atoms with van der Waals surface area (Å²) in [5.74, 6) is 0.871. The first kappa shape index (κ1) is 14.5. The fourth-order valence-corrected chi connectivity index (χ4v) is 2.49. The number of hydrogen-bond donors (Lipinski definition) is 3. The molecule has 0 bridgehead atoms. The minimum atomic E-state index is 0.0127. The fourth-order valence-electron chi connectivity index (χ4n) is 1.72. The second-order valence-corrected chi connectivity index (χ2v) is 5.55. The number of nitrogens with two attached hydrogens (primary N) is 1. The van der Waals surface area contributed by atoms with Crippen molar-refractivity contribution in [3.05, 3.63) is 36.2 Å². The molecule has 6 heteroatoms. The Kier molecular flexibility index (Phi) is 5.06. The largest absolute Gasteiger partial charge is 0.399 e. The predicted octanol–water partition coefficient (Wildman–Crippen LogP) is 2.81. The second kappa shape index (κ2) is 7.00. The third-order valence-corrected chi connectivity index (χ3v) is 3.79. The number of aromatic nitrogens is 2. The summed E-state index contributed by atoms with van der Waals surface area (Å²) in [4.78, 5) is 19.0. The van der Waals surface area contributed by atoms with Crippen molar-refractivity contribution in [2.24, 2.45) is 0 Å². The van der Waals surface area contributed by atoms with Gasteiger partial charge in [-0.1, -0.05) is 17.8 Å². The van der Waals surface area contributed by atoms with Crippen molar-refractivity contribution in [1.29, 1.82) is 0 Å². The van der Waals surface area contributed by atoms with Gasteiger partial charge in [0.2, 0.25) is 5.91 Å². The normalized spacial score (nSPS) is 10.4. The molecule has 2 rings (SSSR count). The van der Waals surface area contributed by atoms with Crippen LogP contribution in [-0.4, -0.2) is 21.6 Å². The van der Waals surface area contributed by atoms with Gasteiger partial charge in [-0.15, -0.1) is 0 Å². The monoisotopic (exact) mass is 290 g/mol. The number of imidazole rings is 1. The number of carbonyl (C=O) groups is 1. The van der Waals surface area contributed by atoms with E-state index in [1.54, 1.807) is 30.2 Å². The van der Waals surface area contributed by atoms with E-state index in [-0.39, 0.29) is 5.91 Å². The van der Waals surface area contributed by atoms with Crippen LogP contribution in [0.2, 0.25) is 0 Å². The highest BCUT2D eigenvalue weighted by atomic mass is 32.2. The molecule has 4 N–H and O–H groups in total. The van der Waals surface area contributed by atoms with Gasteiger partial charge in [-0.25, -0.2) is 4.98 Å². The molecule has 0 aliphatic rings. The van der Waals surface area contributed by atoms with E-state index in [0.29, 0.717) is 12.1 Å². The Morgan fingerprint density at radius 1 is 1.50 bits per heavy atom. The summed E-state index contributed by atoms with van der Waals surface area (Å²) >= 11 is 1.61. The predicted molar refractivity (Wildman–Crippen MR) is 82.8 cm³/mol. The molecule has 106 valence electrons. The van der Waals surface area contributed by atoms with Gasteiger partial charge < -0.3 is 16.0 Å². The van der Waals surface area contributed by atoms with Gasteiger partial charge in [-0.2, -0.15) is 0 Å². The molecule has 0 saturated heterocycles. The van der Waals surface area contributed by atoms with Crippen molar-refractivity contribution in [2.45, 2.75) is 24.9 Å². The van der Waals surface area contributed by atoms with Crippen molar-refractivity contribution in [3.63, 3.8) is 0 Å². The van der Waals surface area contributed by atoms with E-state index in [1.165, 1.54) is 0 Å². The Balaban J connectivity index is 1.73. The number of nitrogens with zero attached hydrogens (tertiary/aromatic N) is 1. The standard InChI is InChI=1S/C14H18N4OS/c1-10-4-5-11(15)9-12(10)18-13(19)3-2-8-20-14-16-6-7-17-14/h4-7,9H,2-3,8,15H2,1H3,(H,16,17)(H,18,19). The molecule has 1 aromatic carbocycles. The molecular formula is C14H18N4OS. The van der Waals surface area contributed by atoms with Crippen LogP contribution in [0.3, 0.4) is 0 Å². The number of carbonyl (C=O) groups excluding carboxylic acids is 1. The van der Waals surface area contributed by atoms with Crippen molar-refractivity contribution in [3.8, 4) is 0 Å². The topological polar surface area (TPSA) is 83.8 Å². The van der Waals surface area contributed by atoms with Gasteiger partial charge in [0.15, 0.2) is 5.16 Å². The number of anilines is 2. The number of thioether (sulfide) groups is 1. The minimum absolute atomic E-state index is 0.0127. The molecule has 0 unspecified atom stereocenters. The SMILES string of the molecule is Cc1ccc(N)cc1NC(=O)CCCSc1ncc[nH]1. The van der Waals surface area contributed by atoms with Crippen molar-refractivity contribution in [1.82, 2.24) is 9.97 Å². The van der Waals surface area contributed by atoms with Crippen LogP contribution in [0.25, 0.3) is 0 Å². The lowest BCUT2D eigenvalue weighted by molar-refractivity contribution is -0.116. The Morgan fingerprint density at radius 2 is 2.35 bits per heavy atom. The molecule has 0 spiro atoms. The van der Waals surface area contributed by atoms with Gasteiger partial charge in [0.25, 0.3) is 0 Å². The van der Waals surface area contributed by atoms with E-state index in [2.05, 4.69) is 15.3 Å². The first-order valence-corrected chi connectivity index (χ1v) is 7.42. The van der Waals surface area contributed by atoms with Gasteiger partial charge in [0, 0.05) is 35.9 Å². The quantitative estimate of drug-likeness (QED) is 0.434. The van der Waals surface area contributed by atoms with Gasteiger partial charge in [0.05, 0.1) is 0 Å². The zero-order chi connectivity index (χ0) is 14.4. The van der Waals surface area contributed by atoms with E-state index < -0.39 is 0 Å². The van der Waals surface area contributed by atoms with Gasteiger partial charge >= 0.3 is 0 Å². The number of hydrogen-bond acceptors (Lipinski definition) is 4. The Bertz CT molecular complexity index is 569. The van der Waals surface area contributed by atoms with Gasteiger partial charge in [-0.3, -0.25) is 4.79 Å². The minimum Gasteiger partial charge on any atom is -0.399 e. The number of amides is 1. The summed E-state index contributed by atoms with van der Waals surface area (Å²) in [7, 11) is 0. The van der Waals surface area contributed by atoms with Crippen LogP contribution in [0.1, 0.15) is 18.4 Å². The van der Waals surface area contributed by atoms with Crippen LogP contribution < -0.4 is 11.1 Å². The number of H-pyrrole nitrogens is 1. The molecule has 5 nitrogen and oxygen atoms in total. The Morgan fingerprint density at radius 3 is 3.10 bits per heavy atom. The summed E-state index contributed by atoms with van der Waals surface area (Å²) in [6.07, 6.45) is 4.80. The van der Waals surface area contributed by atoms with E-state index >= 15 is 0 Å². The zero-order valence-corrected chi connectivity index (χ0v) is 12.2. The molecule has 0 aliphatic heterocycles. The summed E-state index contributed by atoms with van der Waals surface area (Å²) in [6.45, 7) is 1.95. The number of nitrogens with one attached hydrogen (secondary N) is 2. The first-order chi connectivity index (χ1) is 9.65. The molecule has 1 aromatic heterocycles. The molecule has 0 fully saturated rings. The van der Waals surface area contributed by atoms with Crippen molar-refractivity contribution >= 4 is 29.0 Å². The number of aromatic amines is 1. The summed E-state index contributed by atoms with van der Waals surface area (Å²) in [5, 5.41) is 3.78. The number of nitrogen functional groups attached to an aromatic ring is 1. The molecular weight excluding hydrogens is 272 g/mol. The number of benzene rings is 1. The lowest BCUT2D eigenvalue weighted by Gasteiger charge is -2.09. The van der Waals surface area contributed by atoms with Crippen LogP contribution in [0.5, 0.6) is 0 Å². The van der Waals surface area contributed by atoms with Crippen LogP contribution in [-0.2, 0) is 4.79 Å². The van der Waals surface area contributed by atoms with E-state index in [0.717, 1.165) is 28.6 Å². The van der Waals surface area contributed by atoms with Crippen molar-refractivity contribution in [2.75, 3.05) is 16.8 Å². The van der Waals surface area contributed by atoms with Crippen LogP contribution in [0.4, 0.5) is 11.4 Å². The molecule has 0 radical (unpaired) electrons. The van der Waals surface area contributed by atoms with Crippen LogP contribution in [0.15, 0.2) is 35.7 Å². The zero-order valence-electron chi connectivity index (χ0n) is 11.3. The number of rotatable bonds is 6. The maximum Gasteiger partial charge on any atom is 0.224 e. The van der Waals surface area contributed by atoms with Crippen LogP contribution in [0, 0.1) is 6.92 Å². The van der Waals surface area contributed by atoms with E-state index in [4.69, 9.17) is 5.73 Å². The Hall–Kier alpha value is -1.95.